The van der Waals surface area contributed by atoms with E-state index in [0.717, 1.165) is 17.1 Å². The van der Waals surface area contributed by atoms with Gasteiger partial charge in [-0.05, 0) is 43.3 Å². The minimum Gasteiger partial charge on any atom is -0.364 e. The molecule has 0 saturated heterocycles. The number of nitrogens with zero attached hydrogens (tertiary/aromatic N) is 4. The van der Waals surface area contributed by atoms with E-state index in [2.05, 4.69) is 15.5 Å². The van der Waals surface area contributed by atoms with Crippen LogP contribution in [-0.2, 0) is 0 Å². The predicted molar refractivity (Wildman–Crippen MR) is 119 cm³/mol. The number of rotatable bonds is 5. The summed E-state index contributed by atoms with van der Waals surface area (Å²) in [5.74, 6) is -0.683. The number of nitrogens with two attached hydrogens (primary N) is 1. The van der Waals surface area contributed by atoms with Crippen LogP contribution >= 0.6 is 34.8 Å². The van der Waals surface area contributed by atoms with E-state index in [4.69, 9.17) is 40.5 Å². The lowest BCUT2D eigenvalue weighted by Crippen LogP contribution is -2.14. The number of hydrogen-bond acceptors (Lipinski definition) is 4. The van der Waals surface area contributed by atoms with Crippen LogP contribution in [0.2, 0.25) is 15.1 Å². The molecule has 2 aromatic heterocycles. The Balaban J connectivity index is 1.67. The summed E-state index contributed by atoms with van der Waals surface area (Å²) in [6, 6.07) is 12.5. The summed E-state index contributed by atoms with van der Waals surface area (Å²) in [7, 11) is 0. The minimum absolute atomic E-state index is 0.0600. The number of benzene rings is 2. The fraction of sp³-hybridized carbons (Fsp3) is 0.0500. The molecule has 0 spiro atoms. The molecule has 0 bridgehead atoms. The number of halogens is 3. The normalized spacial score (nSPS) is 10.9. The summed E-state index contributed by atoms with van der Waals surface area (Å²) in [6.45, 7) is 1.88. The van der Waals surface area contributed by atoms with E-state index < -0.39 is 5.91 Å². The van der Waals surface area contributed by atoms with Crippen molar-refractivity contribution < 1.29 is 4.79 Å². The molecule has 0 aliphatic rings. The Kier molecular flexibility index (Phi) is 5.42. The van der Waals surface area contributed by atoms with Crippen LogP contribution in [0.3, 0.4) is 0 Å². The summed E-state index contributed by atoms with van der Waals surface area (Å²) >= 11 is 18.6. The molecule has 0 aliphatic carbocycles. The molecule has 0 fully saturated rings. The van der Waals surface area contributed by atoms with Crippen molar-refractivity contribution in [1.82, 2.24) is 19.6 Å². The number of aromatic nitrogens is 4. The van der Waals surface area contributed by atoms with E-state index in [0.29, 0.717) is 26.4 Å². The van der Waals surface area contributed by atoms with Crippen LogP contribution in [0.25, 0.3) is 11.4 Å². The van der Waals surface area contributed by atoms with Gasteiger partial charge in [0.2, 0.25) is 0 Å². The summed E-state index contributed by atoms with van der Waals surface area (Å²) in [5.41, 5.74) is 8.86. The molecule has 0 radical (unpaired) electrons. The molecule has 0 atom stereocenters. The molecule has 0 aliphatic heterocycles. The van der Waals surface area contributed by atoms with Gasteiger partial charge < -0.3 is 11.1 Å². The molecule has 2 heterocycles. The molecular weight excluding hydrogens is 447 g/mol. The fourth-order valence-electron chi connectivity index (χ4n) is 2.96. The van der Waals surface area contributed by atoms with Gasteiger partial charge in [0.25, 0.3) is 5.91 Å². The van der Waals surface area contributed by atoms with E-state index in [-0.39, 0.29) is 5.69 Å². The first-order valence-corrected chi connectivity index (χ1v) is 9.90. The molecule has 10 heteroatoms. The Bertz CT molecular complexity index is 1230. The molecular formula is C20H15Cl3N6O. The average Bonchev–Trinajstić information content (AvgIpc) is 3.26. The van der Waals surface area contributed by atoms with Crippen LogP contribution in [0.15, 0.2) is 54.9 Å². The van der Waals surface area contributed by atoms with Crippen LogP contribution in [0, 0.1) is 6.92 Å². The Morgan fingerprint density at radius 2 is 1.70 bits per heavy atom. The second-order valence-electron chi connectivity index (χ2n) is 6.43. The van der Waals surface area contributed by atoms with Gasteiger partial charge in [-0.1, -0.05) is 40.9 Å². The van der Waals surface area contributed by atoms with Gasteiger partial charge in [-0.3, -0.25) is 4.79 Å². The molecule has 0 saturated carbocycles. The Morgan fingerprint density at radius 1 is 1.03 bits per heavy atom. The zero-order chi connectivity index (χ0) is 21.4. The van der Waals surface area contributed by atoms with Crippen LogP contribution < -0.4 is 11.1 Å². The summed E-state index contributed by atoms with van der Waals surface area (Å²) in [5, 5.41) is 13.0. The maximum Gasteiger partial charge on any atom is 0.271 e. The Morgan fingerprint density at radius 3 is 2.27 bits per heavy atom. The minimum atomic E-state index is -0.683. The van der Waals surface area contributed by atoms with Crippen molar-refractivity contribution in [2.24, 2.45) is 5.73 Å². The maximum absolute atomic E-state index is 11.9. The van der Waals surface area contributed by atoms with Crippen LogP contribution in [0.1, 0.15) is 16.2 Å². The quantitative estimate of drug-likeness (QED) is 0.429. The highest BCUT2D eigenvalue weighted by Crippen LogP contribution is 2.30. The lowest BCUT2D eigenvalue weighted by atomic mass is 10.2. The maximum atomic E-state index is 11.9. The molecule has 30 heavy (non-hydrogen) atoms. The van der Waals surface area contributed by atoms with Crippen molar-refractivity contribution >= 4 is 52.1 Å². The third kappa shape index (κ3) is 3.75. The highest BCUT2D eigenvalue weighted by Gasteiger charge is 2.18. The Labute approximate surface area is 187 Å². The van der Waals surface area contributed by atoms with Gasteiger partial charge in [-0.15, -0.1) is 0 Å². The highest BCUT2D eigenvalue weighted by atomic mass is 35.5. The van der Waals surface area contributed by atoms with Crippen molar-refractivity contribution in [2.75, 3.05) is 5.32 Å². The highest BCUT2D eigenvalue weighted by molar-refractivity contribution is 6.37. The van der Waals surface area contributed by atoms with Gasteiger partial charge >= 0.3 is 0 Å². The van der Waals surface area contributed by atoms with Gasteiger partial charge in [0.1, 0.15) is 5.69 Å². The smallest absolute Gasteiger partial charge is 0.271 e. The molecule has 3 N–H and O–H groups in total. The van der Waals surface area contributed by atoms with E-state index in [1.165, 1.54) is 4.68 Å². The van der Waals surface area contributed by atoms with Crippen molar-refractivity contribution in [1.29, 1.82) is 0 Å². The number of hydrogen-bond donors (Lipinski definition) is 2. The summed E-state index contributed by atoms with van der Waals surface area (Å²) < 4.78 is 3.16. The van der Waals surface area contributed by atoms with Gasteiger partial charge in [0.05, 0.1) is 44.5 Å². The number of carbonyl (C=O) groups is 1. The second-order valence-corrected chi connectivity index (χ2v) is 7.65. The molecule has 7 nitrogen and oxygen atoms in total. The molecule has 1 amide bonds. The van der Waals surface area contributed by atoms with Gasteiger partial charge in [0.15, 0.2) is 5.69 Å². The third-order valence-corrected chi connectivity index (χ3v) is 5.44. The van der Waals surface area contributed by atoms with E-state index in [1.807, 2.05) is 31.2 Å². The van der Waals surface area contributed by atoms with Crippen LogP contribution in [0.5, 0.6) is 0 Å². The number of anilines is 2. The van der Waals surface area contributed by atoms with Crippen LogP contribution in [0.4, 0.5) is 11.4 Å². The number of nitrogens with one attached hydrogen (secondary N) is 1. The Hall–Kier alpha value is -3.00. The second kappa shape index (κ2) is 8.02. The van der Waals surface area contributed by atoms with E-state index in [9.17, 15) is 4.79 Å². The van der Waals surface area contributed by atoms with E-state index >= 15 is 0 Å². The zero-order valence-electron chi connectivity index (χ0n) is 15.6. The zero-order valence-corrected chi connectivity index (χ0v) is 17.9. The monoisotopic (exact) mass is 460 g/mol. The van der Waals surface area contributed by atoms with Crippen molar-refractivity contribution in [2.45, 2.75) is 6.92 Å². The van der Waals surface area contributed by atoms with E-state index in [1.54, 1.807) is 35.3 Å². The SMILES string of the molecule is Cc1c(Cl)cnn1-c1ccc(Nc2cn(-c3c(Cl)cccc3Cl)nc2C(N)=O)cc1. The largest absolute Gasteiger partial charge is 0.364 e. The predicted octanol–water partition coefficient (Wildman–Crippen LogP) is 5.17. The van der Waals surface area contributed by atoms with Gasteiger partial charge in [0, 0.05) is 5.69 Å². The molecule has 4 aromatic rings. The van der Waals surface area contributed by atoms with Gasteiger partial charge in [-0.25, -0.2) is 9.36 Å². The lowest BCUT2D eigenvalue weighted by molar-refractivity contribution is 0.0996. The summed E-state index contributed by atoms with van der Waals surface area (Å²) in [6.07, 6.45) is 3.20. The molecule has 2 aromatic carbocycles. The number of para-hydroxylation sites is 1. The van der Waals surface area contributed by atoms with Gasteiger partial charge in [-0.2, -0.15) is 10.2 Å². The van der Waals surface area contributed by atoms with Crippen LogP contribution in [-0.4, -0.2) is 25.5 Å². The third-order valence-electron chi connectivity index (χ3n) is 4.46. The van der Waals surface area contributed by atoms with Crippen molar-refractivity contribution in [3.63, 3.8) is 0 Å². The first-order chi connectivity index (χ1) is 14.3. The first-order valence-electron chi connectivity index (χ1n) is 8.76. The number of amides is 1. The molecule has 152 valence electrons. The van der Waals surface area contributed by atoms with Crippen molar-refractivity contribution in [3.05, 3.63) is 81.3 Å². The topological polar surface area (TPSA) is 90.8 Å². The first kappa shape index (κ1) is 20.3. The lowest BCUT2D eigenvalue weighted by Gasteiger charge is -2.08. The number of carbonyl (C=O) groups excluding carboxylic acids is 1. The molecule has 0 unspecified atom stereocenters. The molecule has 4 rings (SSSR count). The van der Waals surface area contributed by atoms with Crippen molar-refractivity contribution in [3.8, 4) is 11.4 Å². The average molecular weight is 462 g/mol. The number of primary amides is 1. The fourth-order valence-corrected chi connectivity index (χ4v) is 3.66. The standard InChI is InChI=1S/C20H15Cl3N6O/c1-11-16(23)9-25-29(11)13-7-5-12(6-8-13)26-17-10-28(27-18(17)20(24)30)19-14(21)3-2-4-15(19)22/h2-10,26H,1H3,(H2,24,30). The summed E-state index contributed by atoms with van der Waals surface area (Å²) in [4.78, 5) is 11.9.